The summed E-state index contributed by atoms with van der Waals surface area (Å²) in [5, 5.41) is 6.07. The van der Waals surface area contributed by atoms with Gasteiger partial charge in [0.1, 0.15) is 12.3 Å². The minimum atomic E-state index is -0.106. The minimum Gasteiger partial charge on any atom is -0.467 e. The Balaban J connectivity index is 1.85. The molecule has 0 bridgehead atoms. The van der Waals surface area contributed by atoms with Crippen LogP contribution in [0.15, 0.2) is 27.8 Å². The van der Waals surface area contributed by atoms with Crippen molar-refractivity contribution in [2.24, 2.45) is 10.4 Å². The zero-order valence-electron chi connectivity index (χ0n) is 13.7. The van der Waals surface area contributed by atoms with Crippen molar-refractivity contribution in [3.8, 4) is 0 Å². The van der Waals surface area contributed by atoms with Crippen molar-refractivity contribution in [1.82, 2.24) is 15.5 Å². The molecule has 1 aliphatic heterocycles. The maximum absolute atomic E-state index is 11.9. The van der Waals surface area contributed by atoms with Gasteiger partial charge in [-0.15, -0.1) is 0 Å². The lowest BCUT2D eigenvalue weighted by molar-refractivity contribution is -0.119. The fourth-order valence-electron chi connectivity index (χ4n) is 2.52. The summed E-state index contributed by atoms with van der Waals surface area (Å²) < 4.78 is 5.18. The zero-order chi connectivity index (χ0) is 16.0. The number of hydrogen-bond donors (Lipinski definition) is 2. The summed E-state index contributed by atoms with van der Waals surface area (Å²) in [6.45, 7) is 9.81. The van der Waals surface area contributed by atoms with Gasteiger partial charge in [0.05, 0.1) is 12.8 Å². The Morgan fingerprint density at radius 1 is 1.45 bits per heavy atom. The quantitative estimate of drug-likeness (QED) is 0.640. The van der Waals surface area contributed by atoms with Crippen molar-refractivity contribution in [3.05, 3.63) is 24.2 Å². The van der Waals surface area contributed by atoms with Crippen molar-refractivity contribution in [1.29, 1.82) is 0 Å². The van der Waals surface area contributed by atoms with E-state index < -0.39 is 0 Å². The monoisotopic (exact) mass is 306 g/mol. The number of amides is 1. The van der Waals surface area contributed by atoms with E-state index in [0.29, 0.717) is 12.0 Å². The van der Waals surface area contributed by atoms with E-state index in [9.17, 15) is 4.79 Å². The molecule has 2 rings (SSSR count). The summed E-state index contributed by atoms with van der Waals surface area (Å²) in [5.41, 5.74) is 0.303. The predicted octanol–water partition coefficient (Wildman–Crippen LogP) is 1.59. The van der Waals surface area contributed by atoms with E-state index in [2.05, 4.69) is 34.4 Å². The SMILES string of the molecule is CCNC(=NCC(=O)NCc1ccco1)N1CCC(C)(C)C1. The maximum Gasteiger partial charge on any atom is 0.242 e. The molecule has 2 N–H and O–H groups in total. The summed E-state index contributed by atoms with van der Waals surface area (Å²) in [5.74, 6) is 1.46. The van der Waals surface area contributed by atoms with Crippen molar-refractivity contribution >= 4 is 11.9 Å². The van der Waals surface area contributed by atoms with Gasteiger partial charge in [-0.3, -0.25) is 4.79 Å². The second-order valence-electron chi connectivity index (χ2n) is 6.36. The largest absolute Gasteiger partial charge is 0.467 e. The van der Waals surface area contributed by atoms with Crippen molar-refractivity contribution in [2.45, 2.75) is 33.7 Å². The number of rotatable bonds is 5. The van der Waals surface area contributed by atoms with Crippen LogP contribution in [0.5, 0.6) is 0 Å². The second-order valence-corrected chi connectivity index (χ2v) is 6.36. The molecule has 1 aromatic rings. The summed E-state index contributed by atoms with van der Waals surface area (Å²) in [7, 11) is 0. The van der Waals surface area contributed by atoms with E-state index in [4.69, 9.17) is 4.42 Å². The molecule has 0 saturated carbocycles. The number of nitrogens with one attached hydrogen (secondary N) is 2. The molecule has 0 radical (unpaired) electrons. The van der Waals surface area contributed by atoms with Crippen LogP contribution in [0.25, 0.3) is 0 Å². The molecule has 0 aliphatic carbocycles. The number of nitrogens with zero attached hydrogens (tertiary/aromatic N) is 2. The number of likely N-dealkylation sites (tertiary alicyclic amines) is 1. The van der Waals surface area contributed by atoms with Crippen LogP contribution in [0.1, 0.15) is 33.0 Å². The molecule has 0 unspecified atom stereocenters. The van der Waals surface area contributed by atoms with Gasteiger partial charge in [-0.2, -0.15) is 0 Å². The van der Waals surface area contributed by atoms with Gasteiger partial charge in [-0.05, 0) is 30.9 Å². The lowest BCUT2D eigenvalue weighted by atomic mass is 9.93. The summed E-state index contributed by atoms with van der Waals surface area (Å²) >= 11 is 0. The van der Waals surface area contributed by atoms with E-state index in [0.717, 1.165) is 37.8 Å². The Morgan fingerprint density at radius 3 is 2.86 bits per heavy atom. The summed E-state index contributed by atoms with van der Waals surface area (Å²) in [6, 6.07) is 3.64. The van der Waals surface area contributed by atoms with Crippen LogP contribution in [0.4, 0.5) is 0 Å². The summed E-state index contributed by atoms with van der Waals surface area (Å²) in [6.07, 6.45) is 2.74. The Morgan fingerprint density at radius 2 is 2.27 bits per heavy atom. The second kappa shape index (κ2) is 7.33. The van der Waals surface area contributed by atoms with Gasteiger partial charge in [0.15, 0.2) is 5.96 Å². The van der Waals surface area contributed by atoms with Crippen molar-refractivity contribution < 1.29 is 9.21 Å². The van der Waals surface area contributed by atoms with Gasteiger partial charge in [-0.25, -0.2) is 4.99 Å². The molecular weight excluding hydrogens is 280 g/mol. The fourth-order valence-corrected chi connectivity index (χ4v) is 2.52. The molecule has 1 amide bonds. The molecule has 1 aliphatic rings. The van der Waals surface area contributed by atoms with Gasteiger partial charge < -0.3 is 20.0 Å². The molecule has 1 aromatic heterocycles. The Bertz CT molecular complexity index is 508. The number of hydrogen-bond acceptors (Lipinski definition) is 3. The highest BCUT2D eigenvalue weighted by Crippen LogP contribution is 2.28. The number of aliphatic imine (C=N–C) groups is 1. The third kappa shape index (κ3) is 4.79. The smallest absolute Gasteiger partial charge is 0.242 e. The van der Waals surface area contributed by atoms with Crippen molar-refractivity contribution in [2.75, 3.05) is 26.2 Å². The molecule has 1 fully saturated rings. The molecule has 2 heterocycles. The number of carbonyl (C=O) groups is 1. The minimum absolute atomic E-state index is 0.106. The first-order valence-corrected chi connectivity index (χ1v) is 7.82. The van der Waals surface area contributed by atoms with Gasteiger partial charge >= 0.3 is 0 Å². The van der Waals surface area contributed by atoms with Gasteiger partial charge in [-0.1, -0.05) is 13.8 Å². The van der Waals surface area contributed by atoms with E-state index in [1.54, 1.807) is 12.3 Å². The van der Waals surface area contributed by atoms with Gasteiger partial charge in [0, 0.05) is 19.6 Å². The lowest BCUT2D eigenvalue weighted by Gasteiger charge is -2.23. The van der Waals surface area contributed by atoms with Crippen LogP contribution < -0.4 is 10.6 Å². The van der Waals surface area contributed by atoms with E-state index in [1.165, 1.54) is 0 Å². The average Bonchev–Trinajstić information content (AvgIpc) is 3.10. The van der Waals surface area contributed by atoms with Gasteiger partial charge in [0.25, 0.3) is 0 Å². The molecule has 6 heteroatoms. The zero-order valence-corrected chi connectivity index (χ0v) is 13.7. The van der Waals surface area contributed by atoms with Crippen LogP contribution in [-0.4, -0.2) is 42.9 Å². The third-order valence-electron chi connectivity index (χ3n) is 3.72. The van der Waals surface area contributed by atoms with Crippen LogP contribution in [0.2, 0.25) is 0 Å². The van der Waals surface area contributed by atoms with Crippen LogP contribution in [0, 0.1) is 5.41 Å². The highest BCUT2D eigenvalue weighted by molar-refractivity contribution is 5.85. The highest BCUT2D eigenvalue weighted by atomic mass is 16.3. The standard InChI is InChI=1S/C16H26N4O2/c1-4-17-15(20-8-7-16(2,3)12-20)19-11-14(21)18-10-13-6-5-9-22-13/h5-6,9H,4,7-8,10-12H2,1-3H3,(H,17,19)(H,18,21). The molecule has 1 saturated heterocycles. The molecule has 22 heavy (non-hydrogen) atoms. The lowest BCUT2D eigenvalue weighted by Crippen LogP contribution is -2.41. The van der Waals surface area contributed by atoms with E-state index in [1.807, 2.05) is 13.0 Å². The molecule has 0 atom stereocenters. The first-order chi connectivity index (χ1) is 10.5. The van der Waals surface area contributed by atoms with Crippen molar-refractivity contribution in [3.63, 3.8) is 0 Å². The van der Waals surface area contributed by atoms with Crippen LogP contribution in [0.3, 0.4) is 0 Å². The van der Waals surface area contributed by atoms with Crippen LogP contribution >= 0.6 is 0 Å². The summed E-state index contributed by atoms with van der Waals surface area (Å²) in [4.78, 5) is 18.6. The van der Waals surface area contributed by atoms with Gasteiger partial charge in [0.2, 0.25) is 5.91 Å². The Kier molecular flexibility index (Phi) is 5.46. The first-order valence-electron chi connectivity index (χ1n) is 7.82. The maximum atomic E-state index is 11.9. The van der Waals surface area contributed by atoms with Crippen LogP contribution in [-0.2, 0) is 11.3 Å². The number of furan rings is 1. The first kappa shape index (κ1) is 16.4. The average molecular weight is 306 g/mol. The fraction of sp³-hybridized carbons (Fsp3) is 0.625. The highest BCUT2D eigenvalue weighted by Gasteiger charge is 2.30. The number of carbonyl (C=O) groups excluding carboxylic acids is 1. The molecule has 122 valence electrons. The third-order valence-corrected chi connectivity index (χ3v) is 3.72. The Hall–Kier alpha value is -1.98. The Labute approximate surface area is 132 Å². The molecule has 0 aromatic carbocycles. The van der Waals surface area contributed by atoms with E-state index in [-0.39, 0.29) is 12.5 Å². The molecular formula is C16H26N4O2. The predicted molar refractivity (Wildman–Crippen MR) is 86.5 cm³/mol. The van der Waals surface area contributed by atoms with E-state index >= 15 is 0 Å². The number of guanidine groups is 1. The molecule has 6 nitrogen and oxygen atoms in total. The normalized spacial score (nSPS) is 17.6. The molecule has 0 spiro atoms. The topological polar surface area (TPSA) is 69.9 Å².